The number of anilines is 1. The number of carbonyl (C=O) groups is 1. The molecule has 4 rings (SSSR count). The van der Waals surface area contributed by atoms with E-state index >= 15 is 0 Å². The summed E-state index contributed by atoms with van der Waals surface area (Å²) in [4.78, 5) is 14.8. The van der Waals surface area contributed by atoms with Gasteiger partial charge in [0.15, 0.2) is 11.5 Å². The van der Waals surface area contributed by atoms with Crippen molar-refractivity contribution in [2.75, 3.05) is 32.1 Å². The number of carbonyl (C=O) groups excluding carboxylic acids is 1. The summed E-state index contributed by atoms with van der Waals surface area (Å²) in [6.45, 7) is 5.22. The van der Waals surface area contributed by atoms with Crippen molar-refractivity contribution in [3.63, 3.8) is 0 Å². The molecule has 1 saturated carbocycles. The zero-order valence-electron chi connectivity index (χ0n) is 18.5. The van der Waals surface area contributed by atoms with Crippen LogP contribution in [0.5, 0.6) is 11.5 Å². The van der Waals surface area contributed by atoms with E-state index in [1.165, 1.54) is 12.8 Å². The van der Waals surface area contributed by atoms with Gasteiger partial charge in [-0.05, 0) is 51.4 Å². The molecule has 31 heavy (non-hydrogen) atoms. The Bertz CT molecular complexity index is 1000. The Balaban J connectivity index is 1.41. The molecule has 164 valence electrons. The van der Waals surface area contributed by atoms with E-state index in [0.717, 1.165) is 35.6 Å². The van der Waals surface area contributed by atoms with Gasteiger partial charge in [0.2, 0.25) is 5.91 Å². The fourth-order valence-corrected chi connectivity index (χ4v) is 4.69. The third-order valence-electron chi connectivity index (χ3n) is 6.31. The van der Waals surface area contributed by atoms with Gasteiger partial charge in [-0.1, -0.05) is 25.0 Å². The van der Waals surface area contributed by atoms with E-state index in [2.05, 4.69) is 16.0 Å². The van der Waals surface area contributed by atoms with Crippen molar-refractivity contribution in [1.29, 1.82) is 5.26 Å². The molecule has 1 amide bonds. The van der Waals surface area contributed by atoms with Crippen LogP contribution in [0.15, 0.2) is 24.3 Å². The number of aromatic nitrogens is 1. The molecule has 1 aliphatic carbocycles. The Morgan fingerprint density at radius 2 is 1.97 bits per heavy atom. The molecule has 1 fully saturated rings. The van der Waals surface area contributed by atoms with Gasteiger partial charge in [0.05, 0.1) is 12.1 Å². The number of nitriles is 1. The number of ether oxygens (including phenoxy) is 2. The van der Waals surface area contributed by atoms with E-state index in [4.69, 9.17) is 9.47 Å². The second-order valence-electron chi connectivity index (χ2n) is 8.60. The minimum atomic E-state index is -0.144. The van der Waals surface area contributed by atoms with Gasteiger partial charge >= 0.3 is 0 Å². The molecule has 2 aliphatic rings. The smallest absolute Gasteiger partial charge is 0.239 e. The van der Waals surface area contributed by atoms with Crippen molar-refractivity contribution in [2.24, 2.45) is 0 Å². The molecule has 0 saturated heterocycles. The lowest BCUT2D eigenvalue weighted by molar-refractivity contribution is -0.117. The lowest BCUT2D eigenvalue weighted by atomic mass is 10.2. The fraction of sp³-hybridized carbons (Fsp3) is 0.500. The number of benzene rings is 1. The summed E-state index contributed by atoms with van der Waals surface area (Å²) in [6.07, 6.45) is 4.40. The molecule has 0 spiro atoms. The van der Waals surface area contributed by atoms with E-state index in [1.807, 2.05) is 50.1 Å². The topological polar surface area (TPSA) is 79.5 Å². The minimum Gasteiger partial charge on any atom is -0.486 e. The first-order chi connectivity index (χ1) is 15.0. The number of para-hydroxylation sites is 2. The normalized spacial score (nSPS) is 18.2. The number of rotatable bonds is 6. The molecule has 7 heteroatoms. The highest BCUT2D eigenvalue weighted by atomic mass is 16.6. The average molecular weight is 423 g/mol. The van der Waals surface area contributed by atoms with E-state index in [1.54, 1.807) is 0 Å². The van der Waals surface area contributed by atoms with Crippen molar-refractivity contribution in [1.82, 2.24) is 9.47 Å². The van der Waals surface area contributed by atoms with Crippen LogP contribution in [0.25, 0.3) is 0 Å². The standard InChI is InChI=1S/C24H30N4O3/c1-16-17(2)28(18-8-4-5-9-18)24(20(16)12-25)26-23(29)14-27(3)13-19-15-30-21-10-6-7-11-22(21)31-19/h6-7,10-11,18-19H,4-5,8-9,13-15H2,1-3H3,(H,26,29). The lowest BCUT2D eigenvalue weighted by Crippen LogP contribution is -2.42. The van der Waals surface area contributed by atoms with Crippen LogP contribution in [0.1, 0.15) is 48.5 Å². The zero-order valence-corrected chi connectivity index (χ0v) is 18.5. The maximum Gasteiger partial charge on any atom is 0.239 e. The van der Waals surface area contributed by atoms with Gasteiger partial charge in [-0.25, -0.2) is 0 Å². The largest absolute Gasteiger partial charge is 0.486 e. The highest BCUT2D eigenvalue weighted by Gasteiger charge is 2.27. The van der Waals surface area contributed by atoms with Gasteiger partial charge in [0.1, 0.15) is 24.6 Å². The predicted molar refractivity (Wildman–Crippen MR) is 119 cm³/mol. The van der Waals surface area contributed by atoms with Crippen LogP contribution in [0, 0.1) is 25.2 Å². The number of hydrogen-bond donors (Lipinski definition) is 1. The van der Waals surface area contributed by atoms with Gasteiger partial charge in [-0.3, -0.25) is 9.69 Å². The van der Waals surface area contributed by atoms with Gasteiger partial charge in [-0.15, -0.1) is 0 Å². The molecular formula is C24H30N4O3. The Kier molecular flexibility index (Phi) is 6.19. The monoisotopic (exact) mass is 422 g/mol. The van der Waals surface area contributed by atoms with Gasteiger partial charge in [0.25, 0.3) is 0 Å². The first-order valence-electron chi connectivity index (χ1n) is 11.0. The molecule has 2 aromatic rings. The Labute approximate surface area is 183 Å². The van der Waals surface area contributed by atoms with E-state index in [-0.39, 0.29) is 18.6 Å². The van der Waals surface area contributed by atoms with Crippen molar-refractivity contribution >= 4 is 11.7 Å². The molecule has 1 atom stereocenters. The number of nitrogens with zero attached hydrogens (tertiary/aromatic N) is 3. The summed E-state index contributed by atoms with van der Waals surface area (Å²) in [5.74, 6) is 2.00. The molecule has 0 bridgehead atoms. The summed E-state index contributed by atoms with van der Waals surface area (Å²) in [5, 5.41) is 12.8. The predicted octanol–water partition coefficient (Wildman–Crippen LogP) is 3.80. The first kappa shape index (κ1) is 21.3. The second-order valence-corrected chi connectivity index (χ2v) is 8.60. The number of likely N-dealkylation sites (N-methyl/N-ethyl adjacent to an activating group) is 1. The molecule has 1 aromatic carbocycles. The van der Waals surface area contributed by atoms with Gasteiger partial charge < -0.3 is 19.4 Å². The maximum absolute atomic E-state index is 12.9. The molecule has 1 aromatic heterocycles. The molecule has 1 unspecified atom stereocenters. The van der Waals surface area contributed by atoms with Crippen LogP contribution in [0.4, 0.5) is 5.82 Å². The Morgan fingerprint density at radius 1 is 1.26 bits per heavy atom. The third-order valence-corrected chi connectivity index (χ3v) is 6.31. The van der Waals surface area contributed by atoms with Crippen LogP contribution >= 0.6 is 0 Å². The highest BCUT2D eigenvalue weighted by molar-refractivity contribution is 5.93. The average Bonchev–Trinajstić information content (AvgIpc) is 3.35. The van der Waals surface area contributed by atoms with Gasteiger partial charge in [-0.2, -0.15) is 5.26 Å². The number of hydrogen-bond acceptors (Lipinski definition) is 5. The summed E-state index contributed by atoms with van der Waals surface area (Å²) in [5.41, 5.74) is 2.59. The van der Waals surface area contributed by atoms with E-state index < -0.39 is 0 Å². The molecular weight excluding hydrogens is 392 g/mol. The van der Waals surface area contributed by atoms with E-state index in [0.29, 0.717) is 30.6 Å². The number of fused-ring (bicyclic) bond motifs is 1. The zero-order chi connectivity index (χ0) is 22.0. The minimum absolute atomic E-state index is 0.132. The van der Waals surface area contributed by atoms with Crippen LogP contribution in [-0.2, 0) is 4.79 Å². The summed E-state index contributed by atoms with van der Waals surface area (Å²) < 4.78 is 13.9. The van der Waals surface area contributed by atoms with Crippen molar-refractivity contribution < 1.29 is 14.3 Å². The lowest BCUT2D eigenvalue weighted by Gasteiger charge is -2.29. The van der Waals surface area contributed by atoms with Crippen LogP contribution in [-0.4, -0.2) is 48.2 Å². The van der Waals surface area contributed by atoms with Gasteiger partial charge in [0, 0.05) is 18.3 Å². The SMILES string of the molecule is Cc1c(C#N)c(NC(=O)CN(C)CC2COc3ccccc3O2)n(C2CCCC2)c1C. The van der Waals surface area contributed by atoms with E-state index in [9.17, 15) is 10.1 Å². The number of nitrogens with one attached hydrogen (secondary N) is 1. The van der Waals surface area contributed by atoms with Crippen molar-refractivity contribution in [3.05, 3.63) is 41.1 Å². The van der Waals surface area contributed by atoms with Crippen molar-refractivity contribution in [3.8, 4) is 17.6 Å². The quantitative estimate of drug-likeness (QED) is 0.766. The summed E-state index contributed by atoms with van der Waals surface area (Å²) in [6, 6.07) is 10.3. The molecule has 2 heterocycles. The highest BCUT2D eigenvalue weighted by Crippen LogP contribution is 2.37. The number of amides is 1. The Hall–Kier alpha value is -2.98. The third kappa shape index (κ3) is 4.40. The first-order valence-corrected chi connectivity index (χ1v) is 11.0. The summed E-state index contributed by atoms with van der Waals surface area (Å²) in [7, 11) is 1.89. The fourth-order valence-electron chi connectivity index (χ4n) is 4.69. The van der Waals surface area contributed by atoms with Crippen LogP contribution in [0.3, 0.4) is 0 Å². The molecule has 1 N–H and O–H groups in total. The molecule has 1 aliphatic heterocycles. The second kappa shape index (κ2) is 9.03. The molecule has 7 nitrogen and oxygen atoms in total. The van der Waals surface area contributed by atoms with Crippen molar-refractivity contribution in [2.45, 2.75) is 51.7 Å². The molecule has 0 radical (unpaired) electrons. The van der Waals surface area contributed by atoms with Crippen LogP contribution in [0.2, 0.25) is 0 Å². The maximum atomic E-state index is 12.9. The Morgan fingerprint density at radius 3 is 2.68 bits per heavy atom. The van der Waals surface area contributed by atoms with Crippen LogP contribution < -0.4 is 14.8 Å². The summed E-state index contributed by atoms with van der Waals surface area (Å²) >= 11 is 0.